The molecule has 0 spiro atoms. The number of hydrogen-bond donors (Lipinski definition) is 0. The molecule has 1 unspecified atom stereocenters. The van der Waals surface area contributed by atoms with Crippen LogP contribution in [-0.4, -0.2) is 48.2 Å². The first-order chi connectivity index (χ1) is 11.2. The lowest BCUT2D eigenvalue weighted by Crippen LogP contribution is -2.49. The Hall–Kier alpha value is -2.21. The first-order valence-electron chi connectivity index (χ1n) is 8.05. The van der Waals surface area contributed by atoms with Crippen LogP contribution in [0.4, 0.5) is 5.69 Å². The minimum atomic E-state index is -0.0832. The van der Waals surface area contributed by atoms with Crippen molar-refractivity contribution in [1.29, 1.82) is 0 Å². The van der Waals surface area contributed by atoms with Crippen molar-refractivity contribution in [2.24, 2.45) is 5.10 Å². The van der Waals surface area contributed by atoms with Gasteiger partial charge in [0.05, 0.1) is 18.4 Å². The number of anilines is 1. The van der Waals surface area contributed by atoms with Gasteiger partial charge in [0.15, 0.2) is 0 Å². The van der Waals surface area contributed by atoms with Crippen LogP contribution in [0.3, 0.4) is 0 Å². The molecule has 0 radical (unpaired) electrons. The zero-order valence-corrected chi connectivity index (χ0v) is 13.3. The van der Waals surface area contributed by atoms with Gasteiger partial charge >= 0.3 is 0 Å². The topological polar surface area (TPSA) is 62.2 Å². The number of hydrazone groups is 1. The normalized spacial score (nSPS) is 22.0. The maximum atomic E-state index is 12.7. The highest BCUT2D eigenvalue weighted by Gasteiger charge is 2.30. The first-order valence-corrected chi connectivity index (χ1v) is 8.05. The van der Waals surface area contributed by atoms with E-state index >= 15 is 0 Å². The summed E-state index contributed by atoms with van der Waals surface area (Å²) in [5.74, 6) is -0.165. The molecular formula is C17H21N3O3. The van der Waals surface area contributed by atoms with Gasteiger partial charge < -0.3 is 9.64 Å². The summed E-state index contributed by atoms with van der Waals surface area (Å²) >= 11 is 0. The molecule has 1 aromatic carbocycles. The monoisotopic (exact) mass is 315 g/mol. The largest absolute Gasteiger partial charge is 0.375 e. The van der Waals surface area contributed by atoms with E-state index in [1.807, 2.05) is 37.3 Å². The molecule has 3 rings (SSSR count). The Kier molecular flexibility index (Phi) is 4.71. The number of hydrogen-bond acceptors (Lipinski definition) is 4. The fourth-order valence-electron chi connectivity index (χ4n) is 2.81. The van der Waals surface area contributed by atoms with Crippen LogP contribution < -0.4 is 5.01 Å². The lowest BCUT2D eigenvalue weighted by molar-refractivity contribution is -0.131. The lowest BCUT2D eigenvalue weighted by atomic mass is 10.1. The van der Waals surface area contributed by atoms with Crippen molar-refractivity contribution in [3.63, 3.8) is 0 Å². The van der Waals surface area contributed by atoms with E-state index in [4.69, 9.17) is 4.74 Å². The molecule has 0 aliphatic carbocycles. The van der Waals surface area contributed by atoms with Crippen molar-refractivity contribution in [2.45, 2.75) is 32.3 Å². The van der Waals surface area contributed by atoms with E-state index in [1.165, 1.54) is 5.01 Å². The summed E-state index contributed by atoms with van der Waals surface area (Å²) in [5.41, 5.74) is 1.14. The highest BCUT2D eigenvalue weighted by Crippen LogP contribution is 2.21. The highest BCUT2D eigenvalue weighted by atomic mass is 16.5. The second kappa shape index (κ2) is 6.91. The molecule has 0 bridgehead atoms. The maximum Gasteiger partial charge on any atom is 0.270 e. The van der Waals surface area contributed by atoms with Gasteiger partial charge in [0.1, 0.15) is 5.71 Å². The van der Waals surface area contributed by atoms with E-state index in [0.29, 0.717) is 43.9 Å². The standard InChI is InChI=1S/C17H21N3O3/c1-2-14-12-19(10-11-23-14)17(22)15-8-9-16(21)20(18-15)13-6-4-3-5-7-13/h3-7,14H,2,8-12H2,1H3. The second-order valence-electron chi connectivity index (χ2n) is 5.74. The number of carbonyl (C=O) groups excluding carboxylic acids is 2. The van der Waals surface area contributed by atoms with Gasteiger partial charge in [-0.3, -0.25) is 9.59 Å². The molecule has 122 valence electrons. The van der Waals surface area contributed by atoms with Gasteiger partial charge in [-0.25, -0.2) is 5.01 Å². The summed E-state index contributed by atoms with van der Waals surface area (Å²) < 4.78 is 5.60. The Morgan fingerprint density at radius 1 is 1.30 bits per heavy atom. The number of morpholine rings is 1. The Balaban J connectivity index is 1.78. The van der Waals surface area contributed by atoms with Crippen LogP contribution in [0, 0.1) is 0 Å². The van der Waals surface area contributed by atoms with Gasteiger partial charge in [0.25, 0.3) is 5.91 Å². The van der Waals surface area contributed by atoms with Crippen LogP contribution in [0.5, 0.6) is 0 Å². The molecule has 6 heteroatoms. The van der Waals surface area contributed by atoms with Gasteiger partial charge in [-0.2, -0.15) is 5.10 Å². The maximum absolute atomic E-state index is 12.7. The van der Waals surface area contributed by atoms with Crippen molar-refractivity contribution >= 4 is 23.2 Å². The van der Waals surface area contributed by atoms with Crippen molar-refractivity contribution in [2.75, 3.05) is 24.7 Å². The summed E-state index contributed by atoms with van der Waals surface area (Å²) in [6.07, 6.45) is 1.67. The molecule has 23 heavy (non-hydrogen) atoms. The van der Waals surface area contributed by atoms with Gasteiger partial charge in [0.2, 0.25) is 5.91 Å². The van der Waals surface area contributed by atoms with Gasteiger partial charge in [-0.1, -0.05) is 25.1 Å². The van der Waals surface area contributed by atoms with E-state index in [1.54, 1.807) is 4.90 Å². The zero-order valence-electron chi connectivity index (χ0n) is 13.3. The second-order valence-corrected chi connectivity index (χ2v) is 5.74. The quantitative estimate of drug-likeness (QED) is 0.854. The highest BCUT2D eigenvalue weighted by molar-refractivity contribution is 6.40. The third kappa shape index (κ3) is 3.42. The van der Waals surface area contributed by atoms with Crippen molar-refractivity contribution in [3.8, 4) is 0 Å². The van der Waals surface area contributed by atoms with Crippen LogP contribution in [0.1, 0.15) is 26.2 Å². The molecule has 1 saturated heterocycles. The number of rotatable bonds is 3. The number of carbonyl (C=O) groups is 2. The summed E-state index contributed by atoms with van der Waals surface area (Å²) in [4.78, 5) is 26.6. The average molecular weight is 315 g/mol. The summed E-state index contributed by atoms with van der Waals surface area (Å²) in [6, 6.07) is 9.21. The van der Waals surface area contributed by atoms with Crippen molar-refractivity contribution in [1.82, 2.24) is 4.90 Å². The van der Waals surface area contributed by atoms with Crippen molar-refractivity contribution in [3.05, 3.63) is 30.3 Å². The Labute approximate surface area is 135 Å². The van der Waals surface area contributed by atoms with E-state index in [0.717, 1.165) is 6.42 Å². The molecule has 1 atom stereocenters. The molecule has 1 fully saturated rings. The summed E-state index contributed by atoms with van der Waals surface area (Å²) in [5, 5.41) is 5.67. The summed E-state index contributed by atoms with van der Waals surface area (Å²) in [6.45, 7) is 3.77. The minimum absolute atomic E-state index is 0.0823. The minimum Gasteiger partial charge on any atom is -0.375 e. The van der Waals surface area contributed by atoms with E-state index in [-0.39, 0.29) is 17.9 Å². The average Bonchev–Trinajstić information content (AvgIpc) is 2.62. The third-order valence-corrected chi connectivity index (χ3v) is 4.16. The predicted octanol–water partition coefficient (Wildman–Crippen LogP) is 1.81. The fraction of sp³-hybridized carbons (Fsp3) is 0.471. The molecule has 0 N–H and O–H groups in total. The van der Waals surface area contributed by atoms with Crippen LogP contribution in [-0.2, 0) is 14.3 Å². The Morgan fingerprint density at radius 2 is 2.09 bits per heavy atom. The SMILES string of the molecule is CCC1CN(C(=O)C2=NN(c3ccccc3)C(=O)CC2)CCO1. The lowest BCUT2D eigenvalue weighted by Gasteiger charge is -2.33. The molecule has 0 aromatic heterocycles. The Morgan fingerprint density at radius 3 is 2.83 bits per heavy atom. The van der Waals surface area contributed by atoms with Crippen LogP contribution in [0.25, 0.3) is 0 Å². The molecule has 2 amide bonds. The number of nitrogens with zero attached hydrogens (tertiary/aromatic N) is 3. The number of ether oxygens (including phenoxy) is 1. The van der Waals surface area contributed by atoms with Crippen LogP contribution >= 0.6 is 0 Å². The first kappa shape index (κ1) is 15.7. The molecule has 2 aliphatic rings. The van der Waals surface area contributed by atoms with Gasteiger partial charge in [0, 0.05) is 25.9 Å². The van der Waals surface area contributed by atoms with E-state index < -0.39 is 0 Å². The van der Waals surface area contributed by atoms with E-state index in [9.17, 15) is 9.59 Å². The summed E-state index contributed by atoms with van der Waals surface area (Å²) in [7, 11) is 0. The van der Waals surface area contributed by atoms with Crippen LogP contribution in [0.15, 0.2) is 35.4 Å². The molecule has 0 saturated carbocycles. The fourth-order valence-corrected chi connectivity index (χ4v) is 2.81. The number of amides is 2. The molecule has 1 aromatic rings. The van der Waals surface area contributed by atoms with Crippen LogP contribution in [0.2, 0.25) is 0 Å². The molecule has 2 heterocycles. The predicted molar refractivity (Wildman–Crippen MR) is 87.2 cm³/mol. The molecule has 2 aliphatic heterocycles. The van der Waals surface area contributed by atoms with Gasteiger partial charge in [-0.15, -0.1) is 0 Å². The van der Waals surface area contributed by atoms with E-state index in [2.05, 4.69) is 5.10 Å². The van der Waals surface area contributed by atoms with Gasteiger partial charge in [-0.05, 0) is 18.6 Å². The molecule has 6 nitrogen and oxygen atoms in total. The zero-order chi connectivity index (χ0) is 16.2. The molecular weight excluding hydrogens is 294 g/mol. The number of para-hydroxylation sites is 1. The number of benzene rings is 1. The Bertz CT molecular complexity index is 615. The smallest absolute Gasteiger partial charge is 0.270 e. The van der Waals surface area contributed by atoms with Crippen molar-refractivity contribution < 1.29 is 14.3 Å². The third-order valence-electron chi connectivity index (χ3n) is 4.16.